The van der Waals surface area contributed by atoms with E-state index in [1.165, 1.54) is 24.5 Å². The number of methoxy groups -OCH3 is 1. The summed E-state index contributed by atoms with van der Waals surface area (Å²) in [4.78, 5) is 45.1. The highest BCUT2D eigenvalue weighted by Crippen LogP contribution is 2.45. The van der Waals surface area contributed by atoms with Crippen molar-refractivity contribution >= 4 is 23.2 Å². The first-order valence-corrected chi connectivity index (χ1v) is 10.1. The van der Waals surface area contributed by atoms with Gasteiger partial charge in [-0.05, 0) is 18.2 Å². The van der Waals surface area contributed by atoms with Crippen LogP contribution >= 0.6 is 0 Å². The summed E-state index contributed by atoms with van der Waals surface area (Å²) in [7, 11) is 1.50. The second-order valence-corrected chi connectivity index (χ2v) is 8.63. The Morgan fingerprint density at radius 2 is 1.81 bits per heavy atom. The standard InChI is InChI=1S/C24H23N3O5/c1-24(2,3)22(29)19-20(16-13-25-11-9-18(16)31-4)27(23(30)21(19)28)15-7-5-14(6-8-15)17-10-12-32-26-17/h5-13,19-20H,1-4H3. The van der Waals surface area contributed by atoms with Gasteiger partial charge in [-0.3, -0.25) is 24.3 Å². The topological polar surface area (TPSA) is 103 Å². The SMILES string of the molecule is COc1ccncc1C1C(C(=O)C(C)(C)C)C(=O)C(=O)N1c1ccc(-c2ccon2)cc1. The van der Waals surface area contributed by atoms with Gasteiger partial charge in [0.2, 0.25) is 5.78 Å². The zero-order valence-electron chi connectivity index (χ0n) is 18.2. The van der Waals surface area contributed by atoms with Gasteiger partial charge in [-0.15, -0.1) is 0 Å². The summed E-state index contributed by atoms with van der Waals surface area (Å²) < 4.78 is 10.4. The highest BCUT2D eigenvalue weighted by molar-refractivity contribution is 6.48. The zero-order chi connectivity index (χ0) is 23.0. The molecule has 0 aliphatic carbocycles. The summed E-state index contributed by atoms with van der Waals surface area (Å²) in [6, 6.07) is 9.49. The van der Waals surface area contributed by atoms with E-state index in [-0.39, 0.29) is 5.78 Å². The molecule has 2 atom stereocenters. The Balaban J connectivity index is 1.85. The lowest BCUT2D eigenvalue weighted by molar-refractivity contribution is -0.141. The van der Waals surface area contributed by atoms with Crippen molar-refractivity contribution in [3.05, 3.63) is 60.6 Å². The number of hydrogen-bond donors (Lipinski definition) is 0. The Morgan fingerprint density at radius 1 is 1.09 bits per heavy atom. The Morgan fingerprint density at radius 3 is 2.41 bits per heavy atom. The highest BCUT2D eigenvalue weighted by Gasteiger charge is 2.54. The molecule has 8 heteroatoms. The van der Waals surface area contributed by atoms with Gasteiger partial charge in [-0.25, -0.2) is 0 Å². The Hall–Kier alpha value is -3.81. The first kappa shape index (κ1) is 21.4. The van der Waals surface area contributed by atoms with Crippen LogP contribution in [0.4, 0.5) is 5.69 Å². The summed E-state index contributed by atoms with van der Waals surface area (Å²) >= 11 is 0. The minimum absolute atomic E-state index is 0.312. The van der Waals surface area contributed by atoms with Gasteiger partial charge in [0.05, 0.1) is 13.2 Å². The number of carbonyl (C=O) groups excluding carboxylic acids is 3. The number of ether oxygens (including phenoxy) is 1. The molecule has 4 rings (SSSR count). The summed E-state index contributed by atoms with van der Waals surface area (Å²) in [5.74, 6) is -2.51. The van der Waals surface area contributed by atoms with Crippen molar-refractivity contribution in [3.63, 3.8) is 0 Å². The number of aromatic nitrogens is 2. The van der Waals surface area contributed by atoms with Crippen LogP contribution in [0.25, 0.3) is 11.3 Å². The van der Waals surface area contributed by atoms with E-state index in [0.29, 0.717) is 22.7 Å². The largest absolute Gasteiger partial charge is 0.496 e. The molecule has 2 aromatic heterocycles. The van der Waals surface area contributed by atoms with E-state index in [9.17, 15) is 14.4 Å². The molecule has 0 radical (unpaired) electrons. The Kier molecular flexibility index (Phi) is 5.38. The number of Topliss-reactive ketones (excluding diaryl/α,β-unsaturated/α-hetero) is 2. The molecule has 8 nitrogen and oxygen atoms in total. The number of nitrogens with zero attached hydrogens (tertiary/aromatic N) is 3. The highest BCUT2D eigenvalue weighted by atomic mass is 16.5. The predicted octanol–water partition coefficient (Wildman–Crippen LogP) is 3.63. The summed E-state index contributed by atoms with van der Waals surface area (Å²) in [5.41, 5.74) is 1.60. The molecule has 1 saturated heterocycles. The number of carbonyl (C=O) groups is 3. The molecule has 1 aliphatic rings. The molecule has 32 heavy (non-hydrogen) atoms. The maximum Gasteiger partial charge on any atom is 0.295 e. The van der Waals surface area contributed by atoms with Gasteiger partial charge in [0.1, 0.15) is 23.6 Å². The minimum Gasteiger partial charge on any atom is -0.496 e. The molecule has 3 aromatic rings. The molecule has 1 amide bonds. The lowest BCUT2D eigenvalue weighted by Crippen LogP contribution is -2.36. The molecule has 164 valence electrons. The minimum atomic E-state index is -1.17. The zero-order valence-corrected chi connectivity index (χ0v) is 18.2. The van der Waals surface area contributed by atoms with E-state index in [1.54, 1.807) is 63.4 Å². The molecule has 1 fully saturated rings. The van der Waals surface area contributed by atoms with Crippen molar-refractivity contribution in [1.82, 2.24) is 10.1 Å². The van der Waals surface area contributed by atoms with E-state index >= 15 is 0 Å². The van der Waals surface area contributed by atoms with E-state index in [1.807, 2.05) is 0 Å². The molecule has 0 N–H and O–H groups in total. The predicted molar refractivity (Wildman–Crippen MR) is 116 cm³/mol. The number of benzene rings is 1. The maximum absolute atomic E-state index is 13.3. The molecule has 3 heterocycles. The number of anilines is 1. The fraction of sp³-hybridized carbons (Fsp3) is 0.292. The van der Waals surface area contributed by atoms with Crippen molar-refractivity contribution in [1.29, 1.82) is 0 Å². The van der Waals surface area contributed by atoms with Crippen LogP contribution in [0.1, 0.15) is 32.4 Å². The molecular weight excluding hydrogens is 410 g/mol. The first-order chi connectivity index (χ1) is 15.2. The Bertz CT molecular complexity index is 1160. The summed E-state index contributed by atoms with van der Waals surface area (Å²) in [6.07, 6.45) is 4.56. The maximum atomic E-state index is 13.3. The van der Waals surface area contributed by atoms with Crippen molar-refractivity contribution in [2.75, 3.05) is 12.0 Å². The third kappa shape index (κ3) is 3.57. The third-order valence-corrected chi connectivity index (χ3v) is 5.56. The van der Waals surface area contributed by atoms with Crippen LogP contribution in [0, 0.1) is 11.3 Å². The van der Waals surface area contributed by atoms with Gasteiger partial charge < -0.3 is 9.26 Å². The van der Waals surface area contributed by atoms with Gasteiger partial charge in [0.15, 0.2) is 5.78 Å². The second kappa shape index (κ2) is 8.03. The van der Waals surface area contributed by atoms with Crippen LogP contribution in [0.3, 0.4) is 0 Å². The monoisotopic (exact) mass is 433 g/mol. The van der Waals surface area contributed by atoms with Crippen LogP contribution in [0.5, 0.6) is 5.75 Å². The number of hydrogen-bond acceptors (Lipinski definition) is 7. The van der Waals surface area contributed by atoms with Gasteiger partial charge in [-0.1, -0.05) is 38.1 Å². The van der Waals surface area contributed by atoms with Crippen LogP contribution in [0.15, 0.2) is 59.6 Å². The molecule has 0 saturated carbocycles. The van der Waals surface area contributed by atoms with Gasteiger partial charge in [0.25, 0.3) is 5.91 Å². The molecule has 0 spiro atoms. The van der Waals surface area contributed by atoms with E-state index in [2.05, 4.69) is 10.1 Å². The van der Waals surface area contributed by atoms with E-state index in [0.717, 1.165) is 5.56 Å². The van der Waals surface area contributed by atoms with E-state index < -0.39 is 29.1 Å². The fourth-order valence-corrected chi connectivity index (χ4v) is 3.95. The normalized spacial score (nSPS) is 18.8. The molecule has 1 aromatic carbocycles. The average Bonchev–Trinajstić information content (AvgIpc) is 3.40. The van der Waals surface area contributed by atoms with Crippen LogP contribution < -0.4 is 9.64 Å². The number of rotatable bonds is 5. The van der Waals surface area contributed by atoms with Gasteiger partial charge in [0, 0.05) is 40.7 Å². The van der Waals surface area contributed by atoms with Crippen molar-refractivity contribution < 1.29 is 23.6 Å². The van der Waals surface area contributed by atoms with Crippen molar-refractivity contribution in [2.45, 2.75) is 26.8 Å². The van der Waals surface area contributed by atoms with Crippen LogP contribution in [0.2, 0.25) is 0 Å². The second-order valence-electron chi connectivity index (χ2n) is 8.63. The molecular formula is C24H23N3O5. The average molecular weight is 433 g/mol. The van der Waals surface area contributed by atoms with Crippen LogP contribution in [-0.4, -0.2) is 34.7 Å². The smallest absolute Gasteiger partial charge is 0.295 e. The molecule has 2 unspecified atom stereocenters. The molecule has 1 aliphatic heterocycles. The summed E-state index contributed by atoms with van der Waals surface area (Å²) in [5, 5.41) is 3.91. The first-order valence-electron chi connectivity index (χ1n) is 10.1. The number of ketones is 2. The Labute approximate surface area is 185 Å². The van der Waals surface area contributed by atoms with Crippen LogP contribution in [-0.2, 0) is 14.4 Å². The summed E-state index contributed by atoms with van der Waals surface area (Å²) in [6.45, 7) is 5.21. The van der Waals surface area contributed by atoms with Crippen molar-refractivity contribution in [3.8, 4) is 17.0 Å². The lowest BCUT2D eigenvalue weighted by Gasteiger charge is -2.30. The lowest BCUT2D eigenvalue weighted by atomic mass is 9.77. The molecule has 0 bridgehead atoms. The van der Waals surface area contributed by atoms with E-state index in [4.69, 9.17) is 9.26 Å². The quantitative estimate of drug-likeness (QED) is 0.447. The van der Waals surface area contributed by atoms with Gasteiger partial charge >= 0.3 is 0 Å². The third-order valence-electron chi connectivity index (χ3n) is 5.56. The number of amides is 1. The van der Waals surface area contributed by atoms with Crippen molar-refractivity contribution in [2.24, 2.45) is 11.3 Å². The fourth-order valence-electron chi connectivity index (χ4n) is 3.95. The number of pyridine rings is 1. The van der Waals surface area contributed by atoms with Gasteiger partial charge in [-0.2, -0.15) is 0 Å².